The standard InChI is InChI=1S/C33H28Si/c1-27-17-19-28(20-18-27)21-22-29-23-25-33(26-24-29)34(30-11-5-2-6-12-30,31-13-7-3-8-14-31)32-15-9-4-10-16-32/h2-26H,1H3. The summed E-state index contributed by atoms with van der Waals surface area (Å²) in [5, 5.41) is 5.59. The third-order valence-electron chi connectivity index (χ3n) is 6.51. The van der Waals surface area contributed by atoms with Gasteiger partial charge in [-0.25, -0.2) is 0 Å². The normalized spacial score (nSPS) is 11.6. The first kappa shape index (κ1) is 21.9. The zero-order chi connectivity index (χ0) is 23.2. The van der Waals surface area contributed by atoms with Crippen molar-refractivity contribution in [1.82, 2.24) is 0 Å². The predicted octanol–water partition coefficient (Wildman–Crippen LogP) is 5.54. The van der Waals surface area contributed by atoms with E-state index in [1.807, 2.05) is 0 Å². The van der Waals surface area contributed by atoms with E-state index in [4.69, 9.17) is 0 Å². The van der Waals surface area contributed by atoms with Gasteiger partial charge in [-0.15, -0.1) is 0 Å². The van der Waals surface area contributed by atoms with Gasteiger partial charge in [0.2, 0.25) is 0 Å². The average molecular weight is 453 g/mol. The maximum atomic E-state index is 2.34. The molecule has 0 unspecified atom stereocenters. The lowest BCUT2D eigenvalue weighted by Gasteiger charge is -2.34. The molecule has 164 valence electrons. The highest BCUT2D eigenvalue weighted by Gasteiger charge is 2.41. The van der Waals surface area contributed by atoms with Gasteiger partial charge in [0, 0.05) is 0 Å². The van der Waals surface area contributed by atoms with Crippen LogP contribution >= 0.6 is 0 Å². The molecule has 5 aromatic rings. The van der Waals surface area contributed by atoms with Crippen molar-refractivity contribution in [2.75, 3.05) is 0 Å². The maximum Gasteiger partial charge on any atom is 0.179 e. The van der Waals surface area contributed by atoms with E-state index < -0.39 is 8.07 Å². The van der Waals surface area contributed by atoms with Crippen molar-refractivity contribution in [3.63, 3.8) is 0 Å². The molecular formula is C33H28Si. The monoisotopic (exact) mass is 452 g/mol. The highest BCUT2D eigenvalue weighted by molar-refractivity contribution is 7.19. The first-order valence-electron chi connectivity index (χ1n) is 11.8. The lowest BCUT2D eigenvalue weighted by atomic mass is 10.1. The lowest BCUT2D eigenvalue weighted by Crippen LogP contribution is -2.74. The topological polar surface area (TPSA) is 0 Å². The van der Waals surface area contributed by atoms with Gasteiger partial charge in [0.05, 0.1) is 0 Å². The SMILES string of the molecule is Cc1ccc(C=Cc2ccc([Si](c3ccccc3)(c3ccccc3)c3ccccc3)cc2)cc1. The van der Waals surface area contributed by atoms with Gasteiger partial charge in [-0.2, -0.15) is 0 Å². The third kappa shape index (κ3) is 4.31. The summed E-state index contributed by atoms with van der Waals surface area (Å²) < 4.78 is 0. The summed E-state index contributed by atoms with van der Waals surface area (Å²) in [6.07, 6.45) is 4.38. The Morgan fingerprint density at radius 3 is 1.09 bits per heavy atom. The van der Waals surface area contributed by atoms with Gasteiger partial charge < -0.3 is 0 Å². The summed E-state index contributed by atoms with van der Waals surface area (Å²) in [6.45, 7) is 2.12. The largest absolute Gasteiger partial charge is 0.179 e. The molecule has 0 aliphatic heterocycles. The Morgan fingerprint density at radius 1 is 0.382 bits per heavy atom. The van der Waals surface area contributed by atoms with Crippen LogP contribution in [0.25, 0.3) is 12.2 Å². The van der Waals surface area contributed by atoms with Crippen molar-refractivity contribution < 1.29 is 0 Å². The minimum absolute atomic E-state index is 1.21. The molecule has 0 aliphatic rings. The molecule has 0 nitrogen and oxygen atoms in total. The van der Waals surface area contributed by atoms with Crippen LogP contribution in [-0.2, 0) is 0 Å². The molecule has 5 rings (SSSR count). The fourth-order valence-electron chi connectivity index (χ4n) is 4.78. The van der Waals surface area contributed by atoms with Crippen molar-refractivity contribution >= 4 is 41.0 Å². The molecule has 0 saturated heterocycles. The highest BCUT2D eigenvalue weighted by Crippen LogP contribution is 2.13. The summed E-state index contributed by atoms with van der Waals surface area (Å²) in [6, 6.07) is 51.0. The van der Waals surface area contributed by atoms with Crippen LogP contribution in [0.2, 0.25) is 0 Å². The minimum atomic E-state index is -2.44. The van der Waals surface area contributed by atoms with E-state index in [2.05, 4.69) is 159 Å². The second kappa shape index (κ2) is 9.90. The van der Waals surface area contributed by atoms with Crippen LogP contribution < -0.4 is 20.7 Å². The van der Waals surface area contributed by atoms with Crippen molar-refractivity contribution in [3.05, 3.63) is 156 Å². The van der Waals surface area contributed by atoms with Gasteiger partial charge in [0.15, 0.2) is 8.07 Å². The van der Waals surface area contributed by atoms with Crippen molar-refractivity contribution in [1.29, 1.82) is 0 Å². The van der Waals surface area contributed by atoms with Crippen LogP contribution in [0.4, 0.5) is 0 Å². The third-order valence-corrected chi connectivity index (χ3v) is 11.3. The minimum Gasteiger partial charge on any atom is -0.0623 e. The molecular weight excluding hydrogens is 424 g/mol. The molecule has 1 heteroatoms. The second-order valence-corrected chi connectivity index (χ2v) is 12.5. The molecule has 0 saturated carbocycles. The molecule has 34 heavy (non-hydrogen) atoms. The molecule has 0 bridgehead atoms. The lowest BCUT2D eigenvalue weighted by molar-refractivity contribution is 1.46. The molecule has 0 radical (unpaired) electrons. The Hall–Kier alpha value is -3.94. The average Bonchev–Trinajstić information content (AvgIpc) is 2.91. The van der Waals surface area contributed by atoms with Crippen LogP contribution in [0.3, 0.4) is 0 Å². The zero-order valence-corrected chi connectivity index (χ0v) is 20.4. The van der Waals surface area contributed by atoms with E-state index in [9.17, 15) is 0 Å². The number of rotatable bonds is 6. The smallest absolute Gasteiger partial charge is 0.0623 e. The molecule has 0 atom stereocenters. The van der Waals surface area contributed by atoms with Crippen LogP contribution in [0.5, 0.6) is 0 Å². The maximum absolute atomic E-state index is 2.44. The Morgan fingerprint density at radius 2 is 0.706 bits per heavy atom. The Balaban J connectivity index is 1.64. The van der Waals surface area contributed by atoms with Crippen molar-refractivity contribution in [3.8, 4) is 0 Å². The highest BCUT2D eigenvalue weighted by atomic mass is 28.3. The van der Waals surface area contributed by atoms with Gasteiger partial charge in [-0.1, -0.05) is 157 Å². The fourth-order valence-corrected chi connectivity index (χ4v) is 9.52. The molecule has 0 spiro atoms. The van der Waals surface area contributed by atoms with Crippen LogP contribution in [0.15, 0.2) is 140 Å². The number of benzene rings is 5. The summed E-state index contributed by atoms with van der Waals surface area (Å²) in [5.41, 5.74) is 3.71. The zero-order valence-electron chi connectivity index (χ0n) is 19.4. The summed E-state index contributed by atoms with van der Waals surface area (Å²) in [4.78, 5) is 0. The van der Waals surface area contributed by atoms with Gasteiger partial charge in [0.25, 0.3) is 0 Å². The quantitative estimate of drug-likeness (QED) is 0.180. The van der Waals surface area contributed by atoms with Crippen molar-refractivity contribution in [2.24, 2.45) is 0 Å². The number of aryl methyl sites for hydroxylation is 1. The molecule has 0 N–H and O–H groups in total. The Labute approximate surface area is 203 Å². The van der Waals surface area contributed by atoms with E-state index >= 15 is 0 Å². The Kier molecular flexibility index (Phi) is 6.37. The molecule has 0 aliphatic carbocycles. The van der Waals surface area contributed by atoms with Gasteiger partial charge in [0.1, 0.15) is 0 Å². The van der Waals surface area contributed by atoms with Crippen molar-refractivity contribution in [2.45, 2.75) is 6.92 Å². The molecule has 0 fully saturated rings. The summed E-state index contributed by atoms with van der Waals surface area (Å²) >= 11 is 0. The predicted molar refractivity (Wildman–Crippen MR) is 150 cm³/mol. The molecule has 5 aromatic carbocycles. The molecule has 0 amide bonds. The molecule has 0 heterocycles. The van der Waals surface area contributed by atoms with Crippen LogP contribution in [-0.4, -0.2) is 8.07 Å². The van der Waals surface area contributed by atoms with Gasteiger partial charge >= 0.3 is 0 Å². The van der Waals surface area contributed by atoms with Crippen LogP contribution in [0, 0.1) is 6.92 Å². The van der Waals surface area contributed by atoms with E-state index in [1.54, 1.807) is 0 Å². The first-order valence-corrected chi connectivity index (χ1v) is 13.8. The van der Waals surface area contributed by atoms with Gasteiger partial charge in [-0.05, 0) is 38.8 Å². The molecule has 0 aromatic heterocycles. The fraction of sp³-hybridized carbons (Fsp3) is 0.0303. The van der Waals surface area contributed by atoms with Crippen LogP contribution in [0.1, 0.15) is 16.7 Å². The van der Waals surface area contributed by atoms with E-state index in [1.165, 1.54) is 37.4 Å². The summed E-state index contributed by atoms with van der Waals surface area (Å²) in [5.74, 6) is 0. The van der Waals surface area contributed by atoms with E-state index in [0.717, 1.165) is 0 Å². The van der Waals surface area contributed by atoms with E-state index in [0.29, 0.717) is 0 Å². The Bertz CT molecular complexity index is 1260. The second-order valence-electron chi connectivity index (χ2n) is 8.71. The van der Waals surface area contributed by atoms with E-state index in [-0.39, 0.29) is 0 Å². The van der Waals surface area contributed by atoms with Gasteiger partial charge in [-0.3, -0.25) is 0 Å². The summed E-state index contributed by atoms with van der Waals surface area (Å²) in [7, 11) is -2.44. The first-order chi connectivity index (χ1) is 16.8. The number of hydrogen-bond donors (Lipinski definition) is 0. The number of hydrogen-bond acceptors (Lipinski definition) is 0.